The molecule has 0 aliphatic heterocycles. The number of carbonyl (C=O) groups excluding carboxylic acids is 1. The van der Waals surface area contributed by atoms with Gasteiger partial charge < -0.3 is 26.1 Å². The number of aromatic nitrogens is 3. The first-order chi connectivity index (χ1) is 16.1. The number of benzene rings is 2. The van der Waals surface area contributed by atoms with Crippen molar-refractivity contribution in [3.63, 3.8) is 0 Å². The van der Waals surface area contributed by atoms with Crippen LogP contribution in [0, 0.1) is 5.92 Å². The molecule has 0 unspecified atom stereocenters. The Bertz CT molecular complexity index is 1280. The van der Waals surface area contributed by atoms with Crippen LogP contribution in [-0.4, -0.2) is 27.1 Å². The zero-order valence-electron chi connectivity index (χ0n) is 18.1. The number of urea groups is 1. The zero-order chi connectivity index (χ0) is 22.8. The minimum absolute atomic E-state index is 0.285. The minimum Gasteiger partial charge on any atom is -0.489 e. The smallest absolute Gasteiger partial charge is 0.312 e. The third kappa shape index (κ3) is 4.32. The normalized spacial score (nSPS) is 17.5. The van der Waals surface area contributed by atoms with Crippen LogP contribution in [0.3, 0.4) is 0 Å². The van der Waals surface area contributed by atoms with Crippen LogP contribution in [0.2, 0.25) is 0 Å². The van der Waals surface area contributed by atoms with Crippen LogP contribution in [0.5, 0.6) is 5.75 Å². The number of nitrogens with two attached hydrogens (primary N) is 2. The molecule has 2 heterocycles. The van der Waals surface area contributed by atoms with E-state index in [-0.39, 0.29) is 6.04 Å². The van der Waals surface area contributed by atoms with Crippen LogP contribution in [-0.2, 0) is 6.61 Å². The van der Waals surface area contributed by atoms with E-state index in [2.05, 4.69) is 26.0 Å². The molecule has 0 atom stereocenters. The Balaban J connectivity index is 1.41. The summed E-state index contributed by atoms with van der Waals surface area (Å²) in [5.41, 5.74) is 15.4. The lowest BCUT2D eigenvalue weighted by molar-refractivity contribution is 0.194. The van der Waals surface area contributed by atoms with Crippen molar-refractivity contribution < 1.29 is 9.53 Å². The van der Waals surface area contributed by atoms with E-state index in [0.29, 0.717) is 24.9 Å². The first kappa shape index (κ1) is 20.8. The van der Waals surface area contributed by atoms with Crippen LogP contribution >= 0.6 is 0 Å². The predicted molar refractivity (Wildman–Crippen MR) is 127 cm³/mol. The Labute approximate surface area is 191 Å². The lowest BCUT2D eigenvalue weighted by Crippen LogP contribution is -2.39. The van der Waals surface area contributed by atoms with Crippen LogP contribution in [0.15, 0.2) is 67.1 Å². The number of nitrogens with one attached hydrogen (secondary N) is 1. The molecule has 2 aromatic carbocycles. The highest BCUT2D eigenvalue weighted by atomic mass is 16.5. The number of hydrogen-bond donors (Lipinski definition) is 3. The molecule has 4 aromatic rings. The van der Waals surface area contributed by atoms with Gasteiger partial charge in [-0.1, -0.05) is 42.5 Å². The van der Waals surface area contributed by atoms with E-state index < -0.39 is 6.03 Å². The van der Waals surface area contributed by atoms with Crippen LogP contribution in [0.1, 0.15) is 24.4 Å². The first-order valence-corrected chi connectivity index (χ1v) is 11.0. The molecule has 33 heavy (non-hydrogen) atoms. The number of rotatable bonds is 7. The molecule has 0 bridgehead atoms. The van der Waals surface area contributed by atoms with Gasteiger partial charge in [-0.05, 0) is 42.0 Å². The molecular weight excluding hydrogens is 416 g/mol. The maximum Gasteiger partial charge on any atom is 0.312 e. The second kappa shape index (κ2) is 8.82. The fourth-order valence-electron chi connectivity index (χ4n) is 4.44. The van der Waals surface area contributed by atoms with E-state index in [9.17, 15) is 4.79 Å². The highest BCUT2D eigenvalue weighted by molar-refractivity contribution is 6.00. The molecular formula is C25H26N6O2. The predicted octanol–water partition coefficient (Wildman–Crippen LogP) is 3.88. The van der Waals surface area contributed by atoms with E-state index in [1.807, 2.05) is 54.6 Å². The summed E-state index contributed by atoms with van der Waals surface area (Å²) in [4.78, 5) is 19.8. The number of hydrogen-bond acceptors (Lipinski definition) is 5. The van der Waals surface area contributed by atoms with E-state index in [0.717, 1.165) is 46.3 Å². The highest BCUT2D eigenvalue weighted by Gasteiger charge is 2.32. The molecule has 5 rings (SSSR count). The highest BCUT2D eigenvalue weighted by Crippen LogP contribution is 2.42. The second-order valence-corrected chi connectivity index (χ2v) is 8.45. The van der Waals surface area contributed by atoms with Gasteiger partial charge in [0.1, 0.15) is 30.1 Å². The lowest BCUT2D eigenvalue weighted by Gasteiger charge is -2.36. The summed E-state index contributed by atoms with van der Waals surface area (Å²) in [6.45, 7) is 1.09. The summed E-state index contributed by atoms with van der Waals surface area (Å²) in [7, 11) is 0. The lowest BCUT2D eigenvalue weighted by atomic mass is 9.80. The van der Waals surface area contributed by atoms with Gasteiger partial charge in [0.05, 0.1) is 5.39 Å². The van der Waals surface area contributed by atoms with Crippen molar-refractivity contribution in [3.8, 4) is 16.9 Å². The molecule has 0 saturated heterocycles. The van der Waals surface area contributed by atoms with Gasteiger partial charge in [-0.25, -0.2) is 14.8 Å². The van der Waals surface area contributed by atoms with Crippen molar-refractivity contribution >= 4 is 22.9 Å². The molecule has 1 saturated carbocycles. The van der Waals surface area contributed by atoms with Gasteiger partial charge in [0.15, 0.2) is 0 Å². The van der Waals surface area contributed by atoms with Crippen molar-refractivity contribution in [2.75, 3.05) is 12.3 Å². The largest absolute Gasteiger partial charge is 0.489 e. The summed E-state index contributed by atoms with van der Waals surface area (Å²) in [6.07, 6.45) is 5.48. The van der Waals surface area contributed by atoms with E-state index >= 15 is 0 Å². The molecule has 1 aliphatic rings. The fourth-order valence-corrected chi connectivity index (χ4v) is 4.44. The molecule has 2 amide bonds. The van der Waals surface area contributed by atoms with E-state index in [1.165, 1.54) is 6.33 Å². The SMILES string of the molecule is NC(=O)NCC1CC(n2cc(-c3cccc(OCc4ccccc4)c3)c3c(N)ncnc32)C1. The summed E-state index contributed by atoms with van der Waals surface area (Å²) in [5, 5.41) is 3.54. The molecule has 0 radical (unpaired) electrons. The fraction of sp³-hybridized carbons (Fsp3) is 0.240. The molecule has 2 aromatic heterocycles. The quantitative estimate of drug-likeness (QED) is 0.401. The zero-order valence-corrected chi connectivity index (χ0v) is 18.1. The maximum atomic E-state index is 11.0. The number of amides is 2. The second-order valence-electron chi connectivity index (χ2n) is 8.45. The van der Waals surface area contributed by atoms with Gasteiger partial charge in [-0.3, -0.25) is 0 Å². The summed E-state index contributed by atoms with van der Waals surface area (Å²) in [6, 6.07) is 17.9. The number of carbonyl (C=O) groups is 1. The Morgan fingerprint density at radius 3 is 2.73 bits per heavy atom. The Hall–Kier alpha value is -4.07. The molecule has 168 valence electrons. The van der Waals surface area contributed by atoms with Crippen molar-refractivity contribution in [1.29, 1.82) is 0 Å². The van der Waals surface area contributed by atoms with Gasteiger partial charge in [0, 0.05) is 24.3 Å². The number of nitrogens with zero attached hydrogens (tertiary/aromatic N) is 3. The van der Waals surface area contributed by atoms with Crippen molar-refractivity contribution in [2.24, 2.45) is 11.7 Å². The maximum absolute atomic E-state index is 11.0. The van der Waals surface area contributed by atoms with Crippen molar-refractivity contribution in [1.82, 2.24) is 19.9 Å². The number of anilines is 1. The third-order valence-corrected chi connectivity index (χ3v) is 6.20. The molecule has 0 spiro atoms. The summed E-state index contributed by atoms with van der Waals surface area (Å²) < 4.78 is 8.21. The van der Waals surface area contributed by atoms with Crippen LogP contribution in [0.4, 0.5) is 10.6 Å². The summed E-state index contributed by atoms with van der Waals surface area (Å²) >= 11 is 0. The van der Waals surface area contributed by atoms with Crippen LogP contribution in [0.25, 0.3) is 22.2 Å². The van der Waals surface area contributed by atoms with Crippen molar-refractivity contribution in [2.45, 2.75) is 25.5 Å². The third-order valence-electron chi connectivity index (χ3n) is 6.20. The average Bonchev–Trinajstić information content (AvgIpc) is 3.18. The average molecular weight is 443 g/mol. The van der Waals surface area contributed by atoms with Crippen molar-refractivity contribution in [3.05, 3.63) is 72.7 Å². The van der Waals surface area contributed by atoms with Gasteiger partial charge in [0.25, 0.3) is 0 Å². The number of ether oxygens (including phenoxy) is 1. The van der Waals surface area contributed by atoms with Gasteiger partial charge in [-0.2, -0.15) is 0 Å². The molecule has 8 heteroatoms. The van der Waals surface area contributed by atoms with E-state index in [4.69, 9.17) is 16.2 Å². The molecule has 8 nitrogen and oxygen atoms in total. The molecule has 1 fully saturated rings. The Morgan fingerprint density at radius 2 is 1.94 bits per heavy atom. The Morgan fingerprint density at radius 1 is 1.12 bits per heavy atom. The Kier molecular flexibility index (Phi) is 5.56. The van der Waals surface area contributed by atoms with Gasteiger partial charge in [0.2, 0.25) is 0 Å². The van der Waals surface area contributed by atoms with E-state index in [1.54, 1.807) is 0 Å². The molecule has 5 N–H and O–H groups in total. The van der Waals surface area contributed by atoms with Crippen LogP contribution < -0.4 is 21.5 Å². The molecule has 1 aliphatic carbocycles. The topological polar surface area (TPSA) is 121 Å². The minimum atomic E-state index is -0.484. The van der Waals surface area contributed by atoms with Gasteiger partial charge in [-0.15, -0.1) is 0 Å². The number of nitrogen functional groups attached to an aromatic ring is 1. The first-order valence-electron chi connectivity index (χ1n) is 11.0. The standard InChI is InChI=1S/C25H26N6O2/c26-23-22-21(18-7-4-8-20(11-18)33-14-16-5-2-1-3-6-16)13-31(24(22)30-15-29-23)19-9-17(10-19)12-28-25(27)32/h1-8,11,13,15,17,19H,9-10,12,14H2,(H2,26,29,30)(H3,27,28,32). The van der Waals surface area contributed by atoms with Gasteiger partial charge >= 0.3 is 6.03 Å². The number of primary amides is 1. The number of fused-ring (bicyclic) bond motifs is 1. The monoisotopic (exact) mass is 442 g/mol. The summed E-state index contributed by atoms with van der Waals surface area (Å²) in [5.74, 6) is 1.64.